The Morgan fingerprint density at radius 2 is 1.86 bits per heavy atom. The molecule has 0 radical (unpaired) electrons. The van der Waals surface area contributed by atoms with Crippen LogP contribution < -0.4 is 15.4 Å². The predicted octanol–water partition coefficient (Wildman–Crippen LogP) is 3.30. The summed E-state index contributed by atoms with van der Waals surface area (Å²) >= 11 is 0. The lowest BCUT2D eigenvalue weighted by Crippen LogP contribution is -2.46. The van der Waals surface area contributed by atoms with Gasteiger partial charge in [0.1, 0.15) is 12.7 Å². The van der Waals surface area contributed by atoms with Crippen molar-refractivity contribution < 1.29 is 14.3 Å². The molecule has 0 saturated carbocycles. The molecule has 1 unspecified atom stereocenters. The number of methoxy groups -OCH3 is 1. The lowest BCUT2D eigenvalue weighted by molar-refractivity contribution is -0.117. The fourth-order valence-corrected chi connectivity index (χ4v) is 3.28. The van der Waals surface area contributed by atoms with Gasteiger partial charge >= 0.3 is 0 Å². The molecule has 4 rings (SSSR count). The van der Waals surface area contributed by atoms with Gasteiger partial charge in [0.2, 0.25) is 11.8 Å². The number of pyridine rings is 1. The van der Waals surface area contributed by atoms with Crippen molar-refractivity contribution in [2.45, 2.75) is 6.17 Å². The smallest absolute Gasteiger partial charge is 0.258 e. The standard InChI is InChI=1S/C22H20N4O3/c1-29-20-12-11-16(13-23-20)24-19(27)14-26-21(15-7-3-2-4-8-15)25-18-10-6-5-9-17(18)22(26)28/h2-13,21,25H,14H2,1H3,(H,24,27). The van der Waals surface area contributed by atoms with Gasteiger partial charge in [-0.3, -0.25) is 9.59 Å². The van der Waals surface area contributed by atoms with Gasteiger partial charge in [-0.25, -0.2) is 4.98 Å². The molecule has 29 heavy (non-hydrogen) atoms. The first-order chi connectivity index (χ1) is 14.2. The molecule has 0 spiro atoms. The second-order valence-electron chi connectivity index (χ2n) is 6.57. The van der Waals surface area contributed by atoms with Gasteiger partial charge in [-0.1, -0.05) is 42.5 Å². The fraction of sp³-hybridized carbons (Fsp3) is 0.136. The minimum Gasteiger partial charge on any atom is -0.481 e. The van der Waals surface area contributed by atoms with E-state index in [2.05, 4.69) is 15.6 Å². The molecule has 2 heterocycles. The van der Waals surface area contributed by atoms with Gasteiger partial charge in [-0.2, -0.15) is 0 Å². The van der Waals surface area contributed by atoms with Crippen molar-refractivity contribution in [1.82, 2.24) is 9.88 Å². The number of anilines is 2. The Morgan fingerprint density at radius 1 is 1.10 bits per heavy atom. The first kappa shape index (κ1) is 18.5. The highest BCUT2D eigenvalue weighted by molar-refractivity contribution is 6.04. The molecule has 0 fully saturated rings. The minimum absolute atomic E-state index is 0.105. The molecule has 0 saturated heterocycles. The zero-order valence-electron chi connectivity index (χ0n) is 15.8. The number of ether oxygens (including phenoxy) is 1. The monoisotopic (exact) mass is 388 g/mol. The molecule has 2 amide bonds. The van der Waals surface area contributed by atoms with Gasteiger partial charge in [0.15, 0.2) is 0 Å². The Hall–Kier alpha value is -3.87. The van der Waals surface area contributed by atoms with Crippen LogP contribution in [0.3, 0.4) is 0 Å². The first-order valence-electron chi connectivity index (χ1n) is 9.17. The average Bonchev–Trinajstić information content (AvgIpc) is 2.77. The van der Waals surface area contributed by atoms with E-state index in [-0.39, 0.29) is 18.4 Å². The topological polar surface area (TPSA) is 83.6 Å². The van der Waals surface area contributed by atoms with Crippen LogP contribution in [0.15, 0.2) is 72.9 Å². The summed E-state index contributed by atoms with van der Waals surface area (Å²) in [6.45, 7) is -0.105. The van der Waals surface area contributed by atoms with Crippen LogP contribution in [0.2, 0.25) is 0 Å². The number of aromatic nitrogens is 1. The van der Waals surface area contributed by atoms with E-state index in [1.54, 1.807) is 18.2 Å². The van der Waals surface area contributed by atoms with Crippen molar-refractivity contribution in [3.8, 4) is 5.88 Å². The van der Waals surface area contributed by atoms with Gasteiger partial charge in [-0.05, 0) is 23.8 Å². The van der Waals surface area contributed by atoms with Crippen molar-refractivity contribution >= 4 is 23.2 Å². The summed E-state index contributed by atoms with van der Waals surface area (Å²) in [7, 11) is 1.52. The van der Waals surface area contributed by atoms with Crippen molar-refractivity contribution in [3.05, 3.63) is 84.1 Å². The van der Waals surface area contributed by atoms with E-state index >= 15 is 0 Å². The summed E-state index contributed by atoms with van der Waals surface area (Å²) < 4.78 is 5.02. The lowest BCUT2D eigenvalue weighted by Gasteiger charge is -2.37. The summed E-state index contributed by atoms with van der Waals surface area (Å²) in [5.41, 5.74) is 2.72. The number of hydrogen-bond donors (Lipinski definition) is 2. The molecular formula is C22H20N4O3. The number of carbonyl (C=O) groups is 2. The summed E-state index contributed by atoms with van der Waals surface area (Å²) in [5, 5.41) is 6.15. The van der Waals surface area contributed by atoms with Gasteiger partial charge in [0.05, 0.1) is 24.6 Å². The van der Waals surface area contributed by atoms with Gasteiger partial charge in [-0.15, -0.1) is 0 Å². The second-order valence-corrected chi connectivity index (χ2v) is 6.57. The molecule has 1 aliphatic rings. The zero-order chi connectivity index (χ0) is 20.2. The molecule has 146 valence electrons. The Balaban J connectivity index is 1.58. The molecule has 7 nitrogen and oxygen atoms in total. The molecular weight excluding hydrogens is 368 g/mol. The van der Waals surface area contributed by atoms with Crippen LogP contribution in [0.5, 0.6) is 5.88 Å². The number of para-hydroxylation sites is 1. The van der Waals surface area contributed by atoms with Crippen molar-refractivity contribution in [2.75, 3.05) is 24.3 Å². The molecule has 7 heteroatoms. The number of carbonyl (C=O) groups excluding carboxylic acids is 2. The minimum atomic E-state index is -0.446. The number of fused-ring (bicyclic) bond motifs is 1. The van der Waals surface area contributed by atoms with Crippen LogP contribution in [-0.2, 0) is 4.79 Å². The van der Waals surface area contributed by atoms with Crippen molar-refractivity contribution in [3.63, 3.8) is 0 Å². The van der Waals surface area contributed by atoms with Gasteiger partial charge in [0, 0.05) is 11.8 Å². The fourth-order valence-electron chi connectivity index (χ4n) is 3.28. The van der Waals surface area contributed by atoms with Crippen LogP contribution in [0.25, 0.3) is 0 Å². The molecule has 0 aliphatic carbocycles. The van der Waals surface area contributed by atoms with Gasteiger partial charge in [0.25, 0.3) is 5.91 Å². The Labute approximate surface area is 168 Å². The SMILES string of the molecule is COc1ccc(NC(=O)CN2C(=O)c3ccccc3NC2c2ccccc2)cn1. The lowest BCUT2D eigenvalue weighted by atomic mass is 10.0. The third-order valence-electron chi connectivity index (χ3n) is 4.68. The van der Waals surface area contributed by atoms with E-state index in [1.165, 1.54) is 18.2 Å². The quantitative estimate of drug-likeness (QED) is 0.701. The van der Waals surface area contributed by atoms with E-state index < -0.39 is 6.17 Å². The Bertz CT molecular complexity index is 1020. The number of rotatable bonds is 5. The molecule has 2 N–H and O–H groups in total. The largest absolute Gasteiger partial charge is 0.481 e. The maximum Gasteiger partial charge on any atom is 0.258 e. The zero-order valence-corrected chi connectivity index (χ0v) is 15.8. The van der Waals surface area contributed by atoms with Crippen molar-refractivity contribution in [1.29, 1.82) is 0 Å². The molecule has 3 aromatic rings. The summed E-state index contributed by atoms with van der Waals surface area (Å²) in [6, 6.07) is 20.2. The van der Waals surface area contributed by atoms with E-state index in [4.69, 9.17) is 4.74 Å². The molecule has 1 aromatic heterocycles. The summed E-state index contributed by atoms with van der Waals surface area (Å²) in [6.07, 6.45) is 1.06. The Morgan fingerprint density at radius 3 is 2.59 bits per heavy atom. The number of hydrogen-bond acceptors (Lipinski definition) is 5. The predicted molar refractivity (Wildman–Crippen MR) is 110 cm³/mol. The average molecular weight is 388 g/mol. The molecule has 0 bridgehead atoms. The normalized spacial score (nSPS) is 15.3. The second kappa shape index (κ2) is 8.02. The van der Waals surface area contributed by atoms with E-state index in [1.807, 2.05) is 48.5 Å². The van der Waals surface area contributed by atoms with Crippen LogP contribution >= 0.6 is 0 Å². The van der Waals surface area contributed by atoms with Crippen molar-refractivity contribution in [2.24, 2.45) is 0 Å². The van der Waals surface area contributed by atoms with Crippen LogP contribution in [0.1, 0.15) is 22.1 Å². The van der Waals surface area contributed by atoms with Crippen LogP contribution in [-0.4, -0.2) is 35.4 Å². The number of benzene rings is 2. The summed E-state index contributed by atoms with van der Waals surface area (Å²) in [4.78, 5) is 31.4. The van der Waals surface area contributed by atoms with Gasteiger partial charge < -0.3 is 20.3 Å². The number of nitrogens with zero attached hydrogens (tertiary/aromatic N) is 2. The Kier molecular flexibility index (Phi) is 5.11. The number of nitrogens with one attached hydrogen (secondary N) is 2. The molecule has 2 aromatic carbocycles. The van der Waals surface area contributed by atoms with E-state index in [0.717, 1.165) is 11.3 Å². The van der Waals surface area contributed by atoms with Crippen LogP contribution in [0, 0.1) is 0 Å². The molecule has 1 aliphatic heterocycles. The highest BCUT2D eigenvalue weighted by atomic mass is 16.5. The first-order valence-corrected chi connectivity index (χ1v) is 9.17. The summed E-state index contributed by atoms with van der Waals surface area (Å²) in [5.74, 6) is -0.0530. The van der Waals surface area contributed by atoms with E-state index in [9.17, 15) is 9.59 Å². The molecule has 1 atom stereocenters. The third kappa shape index (κ3) is 3.89. The maximum atomic E-state index is 13.1. The highest BCUT2D eigenvalue weighted by Gasteiger charge is 2.33. The third-order valence-corrected chi connectivity index (χ3v) is 4.68. The maximum absolute atomic E-state index is 13.1. The number of amides is 2. The highest BCUT2D eigenvalue weighted by Crippen LogP contribution is 2.32. The van der Waals surface area contributed by atoms with E-state index in [0.29, 0.717) is 17.1 Å². The van der Waals surface area contributed by atoms with Crippen LogP contribution in [0.4, 0.5) is 11.4 Å².